The Hall–Kier alpha value is -2.14. The summed E-state index contributed by atoms with van der Waals surface area (Å²) >= 11 is 0. The summed E-state index contributed by atoms with van der Waals surface area (Å²) in [5, 5.41) is 0. The molecule has 0 spiro atoms. The van der Waals surface area contributed by atoms with Crippen LogP contribution in [0, 0.1) is 13.8 Å². The van der Waals surface area contributed by atoms with E-state index in [1.54, 1.807) is 6.26 Å². The molecule has 4 nitrogen and oxygen atoms in total. The Morgan fingerprint density at radius 2 is 1.92 bits per heavy atom. The van der Waals surface area contributed by atoms with E-state index in [0.29, 0.717) is 6.42 Å². The summed E-state index contributed by atoms with van der Waals surface area (Å²) in [6.07, 6.45) is 2.11. The molecule has 5 heteroatoms. The fraction of sp³-hybridized carbons (Fsp3) is 0.316. The monoisotopic (exact) mass is 345 g/mol. The summed E-state index contributed by atoms with van der Waals surface area (Å²) in [4.78, 5) is 12.4. The summed E-state index contributed by atoms with van der Waals surface area (Å²) in [6, 6.07) is 13.6. The van der Waals surface area contributed by atoms with E-state index in [4.69, 9.17) is 4.74 Å². The van der Waals surface area contributed by atoms with Gasteiger partial charge in [-0.1, -0.05) is 30.3 Å². The topological polar surface area (TPSA) is 55.4 Å². The number of benzene rings is 2. The minimum absolute atomic E-state index is 0.249. The predicted molar refractivity (Wildman–Crippen MR) is 98.5 cm³/mol. The molecule has 0 bridgehead atoms. The van der Waals surface area contributed by atoms with Crippen LogP contribution < -0.4 is 4.72 Å². The van der Waals surface area contributed by atoms with E-state index in [0.717, 1.165) is 27.9 Å². The number of hydrogen-bond donors (Lipinski definition) is 1. The van der Waals surface area contributed by atoms with Crippen molar-refractivity contribution >= 4 is 22.6 Å². The molecule has 2 aromatic carbocycles. The summed E-state index contributed by atoms with van der Waals surface area (Å²) in [5.41, 5.74) is 5.01. The molecule has 0 aliphatic heterocycles. The van der Waals surface area contributed by atoms with Crippen molar-refractivity contribution in [1.29, 1.82) is 0 Å². The number of hydrogen-bond acceptors (Lipinski definition) is 3. The molecule has 0 amide bonds. The van der Waals surface area contributed by atoms with Crippen molar-refractivity contribution in [2.45, 2.75) is 26.2 Å². The van der Waals surface area contributed by atoms with Crippen LogP contribution in [-0.4, -0.2) is 23.5 Å². The highest BCUT2D eigenvalue weighted by molar-refractivity contribution is 7.85. The van der Waals surface area contributed by atoms with Crippen molar-refractivity contribution in [1.82, 2.24) is 0 Å². The third-order valence-electron chi connectivity index (χ3n) is 4.14. The predicted octanol–water partition coefficient (Wildman–Crippen LogP) is 3.51. The fourth-order valence-corrected chi connectivity index (χ4v) is 3.24. The number of methoxy groups -OCH3 is 1. The molecule has 2 unspecified atom stereocenters. The number of anilines is 1. The highest BCUT2D eigenvalue weighted by Crippen LogP contribution is 2.28. The molecule has 2 aromatic rings. The molecule has 0 radical (unpaired) electrons. The Morgan fingerprint density at radius 1 is 1.21 bits per heavy atom. The lowest BCUT2D eigenvalue weighted by Gasteiger charge is -2.19. The minimum Gasteiger partial charge on any atom is -0.469 e. The van der Waals surface area contributed by atoms with Crippen LogP contribution in [0.25, 0.3) is 0 Å². The molecule has 0 aliphatic rings. The average Bonchev–Trinajstić information content (AvgIpc) is 2.54. The molecule has 0 fully saturated rings. The van der Waals surface area contributed by atoms with Crippen molar-refractivity contribution in [3.05, 3.63) is 64.7 Å². The maximum Gasteiger partial charge on any atom is 0.313 e. The molecule has 0 aliphatic carbocycles. The quantitative estimate of drug-likeness (QED) is 0.815. The van der Waals surface area contributed by atoms with Gasteiger partial charge in [0.05, 0.1) is 13.0 Å². The first-order chi connectivity index (χ1) is 11.4. The van der Waals surface area contributed by atoms with Crippen LogP contribution in [0.15, 0.2) is 42.5 Å². The molecular weight excluding hydrogens is 322 g/mol. The molecule has 128 valence electrons. The van der Waals surface area contributed by atoms with Crippen LogP contribution in [0.5, 0.6) is 0 Å². The van der Waals surface area contributed by atoms with Gasteiger partial charge in [0.2, 0.25) is 0 Å². The normalized spacial score (nSPS) is 13.2. The Balaban J connectivity index is 2.35. The first-order valence-corrected chi connectivity index (χ1v) is 9.31. The van der Waals surface area contributed by atoms with Crippen LogP contribution in [0.1, 0.15) is 28.2 Å². The van der Waals surface area contributed by atoms with Gasteiger partial charge >= 0.3 is 5.97 Å². The van der Waals surface area contributed by atoms with Crippen molar-refractivity contribution < 1.29 is 13.7 Å². The van der Waals surface area contributed by atoms with Crippen LogP contribution in [0.3, 0.4) is 0 Å². The Morgan fingerprint density at radius 3 is 2.58 bits per heavy atom. The summed E-state index contributed by atoms with van der Waals surface area (Å²) < 4.78 is 19.2. The fourth-order valence-electron chi connectivity index (χ4n) is 2.78. The van der Waals surface area contributed by atoms with Crippen LogP contribution in [-0.2, 0) is 26.9 Å². The van der Waals surface area contributed by atoms with Crippen LogP contribution >= 0.6 is 0 Å². The van der Waals surface area contributed by atoms with E-state index in [1.165, 1.54) is 7.11 Å². The summed E-state index contributed by atoms with van der Waals surface area (Å²) in [6.45, 7) is 4.06. The van der Waals surface area contributed by atoms with E-state index in [1.807, 2.05) is 56.3 Å². The number of nitrogens with one attached hydrogen (secondary N) is 1. The second-order valence-corrected chi connectivity index (χ2v) is 6.94. The smallest absolute Gasteiger partial charge is 0.313 e. The van der Waals surface area contributed by atoms with E-state index in [-0.39, 0.29) is 11.9 Å². The van der Waals surface area contributed by atoms with Gasteiger partial charge < -0.3 is 9.46 Å². The molecule has 2 rings (SSSR count). The van der Waals surface area contributed by atoms with Gasteiger partial charge in [-0.3, -0.25) is 4.79 Å². The van der Waals surface area contributed by atoms with Gasteiger partial charge in [-0.2, -0.15) is 0 Å². The van der Waals surface area contributed by atoms with Crippen LogP contribution in [0.2, 0.25) is 0 Å². The van der Waals surface area contributed by atoms with Crippen molar-refractivity contribution in [2.24, 2.45) is 0 Å². The highest BCUT2D eigenvalue weighted by Gasteiger charge is 2.24. The van der Waals surface area contributed by atoms with Gasteiger partial charge in [0.25, 0.3) is 0 Å². The zero-order chi connectivity index (χ0) is 17.7. The van der Waals surface area contributed by atoms with E-state index in [2.05, 4.69) is 4.72 Å². The Kier molecular flexibility index (Phi) is 6.15. The van der Waals surface area contributed by atoms with E-state index in [9.17, 15) is 9.00 Å². The molecule has 2 atom stereocenters. The zero-order valence-corrected chi connectivity index (χ0v) is 15.3. The summed E-state index contributed by atoms with van der Waals surface area (Å²) in [5.74, 6) is -0.613. The van der Waals surface area contributed by atoms with Gasteiger partial charge in [0.1, 0.15) is 11.0 Å². The number of aryl methyl sites for hydroxylation is 1. The first-order valence-electron chi connectivity index (χ1n) is 7.75. The van der Waals surface area contributed by atoms with Crippen molar-refractivity contribution in [3.63, 3.8) is 0 Å². The SMILES string of the molecule is COC(=O)C(Cc1cccc(NS(C)=O)c1)c1cccc(C)c1C. The molecule has 1 N–H and O–H groups in total. The third kappa shape index (κ3) is 4.45. The van der Waals surface area contributed by atoms with E-state index < -0.39 is 11.0 Å². The lowest BCUT2D eigenvalue weighted by molar-refractivity contribution is -0.142. The van der Waals surface area contributed by atoms with Gasteiger partial charge in [0, 0.05) is 11.9 Å². The first kappa shape index (κ1) is 18.2. The molecule has 0 saturated carbocycles. The largest absolute Gasteiger partial charge is 0.469 e. The number of rotatable bonds is 6. The maximum absolute atomic E-state index is 12.4. The van der Waals surface area contributed by atoms with E-state index >= 15 is 0 Å². The Bertz CT molecular complexity index is 758. The molecule has 0 aromatic heterocycles. The average molecular weight is 345 g/mol. The number of ether oxygens (including phenoxy) is 1. The molecule has 24 heavy (non-hydrogen) atoms. The van der Waals surface area contributed by atoms with Crippen molar-refractivity contribution in [2.75, 3.05) is 18.1 Å². The zero-order valence-electron chi connectivity index (χ0n) is 14.5. The standard InChI is InChI=1S/C19H23NO3S/c1-13-7-5-10-17(14(13)2)18(19(21)23-3)12-15-8-6-9-16(11-15)20-24(4)22/h5-11,18,20H,12H2,1-4H3. The molecular formula is C19H23NO3S. The van der Waals surface area contributed by atoms with Crippen molar-refractivity contribution in [3.8, 4) is 0 Å². The maximum atomic E-state index is 12.4. The second kappa shape index (κ2) is 8.11. The molecule has 0 heterocycles. The second-order valence-electron chi connectivity index (χ2n) is 5.83. The van der Waals surface area contributed by atoms with Gasteiger partial charge in [-0.05, 0) is 54.7 Å². The Labute approximate surface area is 145 Å². The van der Waals surface area contributed by atoms with Gasteiger partial charge in [-0.15, -0.1) is 0 Å². The number of carbonyl (C=O) groups excluding carboxylic acids is 1. The van der Waals surface area contributed by atoms with Gasteiger partial charge in [0.15, 0.2) is 0 Å². The lowest BCUT2D eigenvalue weighted by atomic mass is 9.87. The summed E-state index contributed by atoms with van der Waals surface area (Å²) in [7, 11) is 0.283. The number of esters is 1. The minimum atomic E-state index is -1.13. The van der Waals surface area contributed by atoms with Crippen LogP contribution in [0.4, 0.5) is 5.69 Å². The highest BCUT2D eigenvalue weighted by atomic mass is 32.2. The third-order valence-corrected chi connectivity index (χ3v) is 4.66. The van der Waals surface area contributed by atoms with Gasteiger partial charge in [-0.25, -0.2) is 4.21 Å². The number of carbonyl (C=O) groups is 1. The lowest BCUT2D eigenvalue weighted by Crippen LogP contribution is -2.18. The molecule has 0 saturated heterocycles.